The van der Waals surface area contributed by atoms with Gasteiger partial charge in [-0.1, -0.05) is 0 Å². The zero-order chi connectivity index (χ0) is 16.5. The van der Waals surface area contributed by atoms with Gasteiger partial charge in [0.05, 0.1) is 5.69 Å². The standard InChI is InChI=1S/C17H22N6O/c1-13-8-11-23(20-13)16-7-6-15(18-19-16)21-9-2-4-14(12-21)22-10-3-5-17(22)24/h6-8,11,14H,2-5,9-10,12H2,1H3/t14-/m0/s1. The van der Waals surface area contributed by atoms with Crippen LogP contribution < -0.4 is 4.90 Å². The Kier molecular flexibility index (Phi) is 3.92. The highest BCUT2D eigenvalue weighted by atomic mass is 16.2. The van der Waals surface area contributed by atoms with E-state index in [4.69, 9.17) is 0 Å². The van der Waals surface area contributed by atoms with E-state index in [-0.39, 0.29) is 0 Å². The molecule has 7 heteroatoms. The van der Waals surface area contributed by atoms with Crippen molar-refractivity contribution in [2.75, 3.05) is 24.5 Å². The van der Waals surface area contributed by atoms with Crippen molar-refractivity contribution in [3.63, 3.8) is 0 Å². The summed E-state index contributed by atoms with van der Waals surface area (Å²) in [6.45, 7) is 4.67. The molecule has 2 aliphatic heterocycles. The first kappa shape index (κ1) is 15.1. The Morgan fingerprint density at radius 3 is 2.58 bits per heavy atom. The predicted octanol–water partition coefficient (Wildman–Crippen LogP) is 1.56. The number of rotatable bonds is 3. The molecule has 126 valence electrons. The van der Waals surface area contributed by atoms with Crippen molar-refractivity contribution in [2.45, 2.75) is 38.6 Å². The first-order chi connectivity index (χ1) is 11.7. The van der Waals surface area contributed by atoms with E-state index >= 15 is 0 Å². The maximum Gasteiger partial charge on any atom is 0.222 e. The Balaban J connectivity index is 1.48. The molecule has 7 nitrogen and oxygen atoms in total. The van der Waals surface area contributed by atoms with Crippen molar-refractivity contribution in [1.82, 2.24) is 24.9 Å². The molecule has 0 bridgehead atoms. The van der Waals surface area contributed by atoms with Crippen LogP contribution in [0.25, 0.3) is 5.82 Å². The van der Waals surface area contributed by atoms with Gasteiger partial charge in [-0.3, -0.25) is 4.79 Å². The number of hydrogen-bond acceptors (Lipinski definition) is 5. The van der Waals surface area contributed by atoms with Crippen molar-refractivity contribution in [2.24, 2.45) is 0 Å². The van der Waals surface area contributed by atoms with Gasteiger partial charge in [0, 0.05) is 38.3 Å². The number of piperidine rings is 1. The highest BCUT2D eigenvalue weighted by Gasteiger charge is 2.31. The molecular weight excluding hydrogens is 304 g/mol. The van der Waals surface area contributed by atoms with Crippen LogP contribution in [0, 0.1) is 6.92 Å². The highest BCUT2D eigenvalue weighted by molar-refractivity contribution is 5.78. The zero-order valence-corrected chi connectivity index (χ0v) is 13.9. The second-order valence-corrected chi connectivity index (χ2v) is 6.58. The minimum absolute atomic E-state index is 0.303. The molecule has 0 saturated carbocycles. The molecule has 0 unspecified atom stereocenters. The maximum atomic E-state index is 12.0. The van der Waals surface area contributed by atoms with E-state index in [2.05, 4.69) is 25.1 Å². The Labute approximate surface area is 141 Å². The first-order valence-corrected chi connectivity index (χ1v) is 8.61. The Bertz CT molecular complexity index is 725. The minimum Gasteiger partial charge on any atom is -0.353 e. The minimum atomic E-state index is 0.303. The van der Waals surface area contributed by atoms with E-state index in [1.54, 1.807) is 4.68 Å². The molecule has 4 rings (SSSR count). The van der Waals surface area contributed by atoms with Crippen molar-refractivity contribution in [3.05, 3.63) is 30.1 Å². The smallest absolute Gasteiger partial charge is 0.222 e. The molecular formula is C17H22N6O. The van der Waals surface area contributed by atoms with Crippen LogP contribution in [0.3, 0.4) is 0 Å². The van der Waals surface area contributed by atoms with Gasteiger partial charge in [0.15, 0.2) is 11.6 Å². The SMILES string of the molecule is Cc1ccn(-c2ccc(N3CCC[C@H](N4CCCC4=O)C3)nn2)n1. The summed E-state index contributed by atoms with van der Waals surface area (Å²) in [5, 5.41) is 13.0. The van der Waals surface area contributed by atoms with Crippen LogP contribution in [-0.2, 0) is 4.79 Å². The average Bonchev–Trinajstić information content (AvgIpc) is 3.24. The van der Waals surface area contributed by atoms with E-state index in [1.807, 2.05) is 31.3 Å². The summed E-state index contributed by atoms with van der Waals surface area (Å²) in [7, 11) is 0. The molecule has 0 N–H and O–H groups in total. The van der Waals surface area contributed by atoms with Crippen LogP contribution in [0.2, 0.25) is 0 Å². The molecule has 0 spiro atoms. The molecule has 0 radical (unpaired) electrons. The fourth-order valence-corrected chi connectivity index (χ4v) is 3.62. The molecule has 2 aromatic heterocycles. The molecule has 0 aliphatic carbocycles. The number of hydrogen-bond donors (Lipinski definition) is 0. The molecule has 2 aromatic rings. The molecule has 2 aliphatic rings. The van der Waals surface area contributed by atoms with E-state index in [1.165, 1.54) is 0 Å². The van der Waals surface area contributed by atoms with E-state index < -0.39 is 0 Å². The van der Waals surface area contributed by atoms with Crippen molar-refractivity contribution in [3.8, 4) is 5.82 Å². The molecule has 0 aromatic carbocycles. The third-order valence-electron chi connectivity index (χ3n) is 4.86. The topological polar surface area (TPSA) is 67.2 Å². The third kappa shape index (κ3) is 2.86. The van der Waals surface area contributed by atoms with Crippen LogP contribution in [-0.4, -0.2) is 56.5 Å². The second kappa shape index (κ2) is 6.22. The molecule has 1 atom stereocenters. The summed E-state index contributed by atoms with van der Waals surface area (Å²) < 4.78 is 1.73. The fourth-order valence-electron chi connectivity index (χ4n) is 3.62. The van der Waals surface area contributed by atoms with Gasteiger partial charge >= 0.3 is 0 Å². The summed E-state index contributed by atoms with van der Waals surface area (Å²) in [6.07, 6.45) is 5.74. The monoisotopic (exact) mass is 326 g/mol. The van der Waals surface area contributed by atoms with Gasteiger partial charge in [-0.05, 0) is 44.4 Å². The Hall–Kier alpha value is -2.44. The summed E-state index contributed by atoms with van der Waals surface area (Å²) in [5.41, 5.74) is 0.954. The molecule has 2 saturated heterocycles. The summed E-state index contributed by atoms with van der Waals surface area (Å²) in [6, 6.07) is 6.19. The summed E-state index contributed by atoms with van der Waals surface area (Å²) in [5.74, 6) is 1.89. The normalized spacial score (nSPS) is 21.5. The van der Waals surface area contributed by atoms with Crippen LogP contribution in [0.1, 0.15) is 31.4 Å². The van der Waals surface area contributed by atoms with Gasteiger partial charge < -0.3 is 9.80 Å². The van der Waals surface area contributed by atoms with Crippen molar-refractivity contribution in [1.29, 1.82) is 0 Å². The highest BCUT2D eigenvalue weighted by Crippen LogP contribution is 2.24. The maximum absolute atomic E-state index is 12.0. The lowest BCUT2D eigenvalue weighted by Crippen LogP contribution is -2.48. The predicted molar refractivity (Wildman–Crippen MR) is 90.1 cm³/mol. The third-order valence-corrected chi connectivity index (χ3v) is 4.86. The molecule has 1 amide bonds. The molecule has 4 heterocycles. The zero-order valence-electron chi connectivity index (χ0n) is 13.9. The number of carbonyl (C=O) groups excluding carboxylic acids is 1. The number of amides is 1. The number of aryl methyl sites for hydroxylation is 1. The van der Waals surface area contributed by atoms with Gasteiger partial charge in [0.1, 0.15) is 0 Å². The van der Waals surface area contributed by atoms with Crippen molar-refractivity contribution >= 4 is 11.7 Å². The summed E-state index contributed by atoms with van der Waals surface area (Å²) in [4.78, 5) is 16.3. The number of aromatic nitrogens is 4. The van der Waals surface area contributed by atoms with Gasteiger partial charge in [-0.2, -0.15) is 5.10 Å². The lowest BCUT2D eigenvalue weighted by atomic mass is 10.0. The van der Waals surface area contributed by atoms with Crippen LogP contribution in [0.15, 0.2) is 24.4 Å². The van der Waals surface area contributed by atoms with E-state index in [9.17, 15) is 4.79 Å². The average molecular weight is 326 g/mol. The largest absolute Gasteiger partial charge is 0.353 e. The van der Waals surface area contributed by atoms with Gasteiger partial charge in [0.2, 0.25) is 5.91 Å². The number of anilines is 1. The van der Waals surface area contributed by atoms with Gasteiger partial charge in [-0.15, -0.1) is 10.2 Å². The Morgan fingerprint density at radius 1 is 1.08 bits per heavy atom. The van der Waals surface area contributed by atoms with Crippen LogP contribution in [0.5, 0.6) is 0 Å². The lowest BCUT2D eigenvalue weighted by molar-refractivity contribution is -0.129. The quantitative estimate of drug-likeness (QED) is 0.856. The Morgan fingerprint density at radius 2 is 1.92 bits per heavy atom. The number of carbonyl (C=O) groups is 1. The number of likely N-dealkylation sites (tertiary alicyclic amines) is 1. The molecule has 2 fully saturated rings. The summed E-state index contributed by atoms with van der Waals surface area (Å²) >= 11 is 0. The van der Waals surface area contributed by atoms with Crippen LogP contribution >= 0.6 is 0 Å². The van der Waals surface area contributed by atoms with Crippen molar-refractivity contribution < 1.29 is 4.79 Å². The fraction of sp³-hybridized carbons (Fsp3) is 0.529. The van der Waals surface area contributed by atoms with Gasteiger partial charge in [-0.25, -0.2) is 4.68 Å². The molecule has 24 heavy (non-hydrogen) atoms. The first-order valence-electron chi connectivity index (χ1n) is 8.61. The van der Waals surface area contributed by atoms with E-state index in [0.29, 0.717) is 18.4 Å². The second-order valence-electron chi connectivity index (χ2n) is 6.58. The van der Waals surface area contributed by atoms with E-state index in [0.717, 1.165) is 56.2 Å². The lowest BCUT2D eigenvalue weighted by Gasteiger charge is -2.38. The van der Waals surface area contributed by atoms with Gasteiger partial charge in [0.25, 0.3) is 0 Å². The van der Waals surface area contributed by atoms with Crippen LogP contribution in [0.4, 0.5) is 5.82 Å². The number of nitrogens with zero attached hydrogens (tertiary/aromatic N) is 6.